The minimum atomic E-state index is -4.06. The normalized spacial score (nSPS) is 12.8. The molecule has 0 aromatic heterocycles. The molecule has 3 aromatic carbocycles. The van der Waals surface area contributed by atoms with Gasteiger partial charge in [0.25, 0.3) is 10.0 Å². The van der Waals surface area contributed by atoms with Gasteiger partial charge in [-0.3, -0.25) is 13.9 Å². The van der Waals surface area contributed by atoms with Gasteiger partial charge in [-0.2, -0.15) is 0 Å². The second-order valence-electron chi connectivity index (χ2n) is 9.12. The van der Waals surface area contributed by atoms with Crippen molar-refractivity contribution in [1.29, 1.82) is 0 Å². The van der Waals surface area contributed by atoms with Gasteiger partial charge in [0.05, 0.1) is 10.6 Å². The van der Waals surface area contributed by atoms with E-state index in [0.29, 0.717) is 12.1 Å². The zero-order valence-corrected chi connectivity index (χ0v) is 24.3. The summed E-state index contributed by atoms with van der Waals surface area (Å²) in [6.07, 6.45) is 1.28. The molecule has 1 N–H and O–H groups in total. The lowest BCUT2D eigenvalue weighted by atomic mass is 10.1. The first-order valence-corrected chi connectivity index (χ1v) is 14.8. The number of amides is 2. The Bertz CT molecular complexity index is 1300. The van der Waals surface area contributed by atoms with Crippen molar-refractivity contribution in [3.8, 4) is 0 Å². The van der Waals surface area contributed by atoms with E-state index in [1.807, 2.05) is 44.2 Å². The molecule has 38 heavy (non-hydrogen) atoms. The van der Waals surface area contributed by atoms with E-state index in [9.17, 15) is 18.0 Å². The summed E-state index contributed by atoms with van der Waals surface area (Å²) in [7, 11) is -4.06. The SMILES string of the molecule is CCC(C)NC(=O)C(C)N(CCc1ccccc1)C(=O)CN(c1ccc(Br)cc1)S(=O)(=O)c1ccccc1. The van der Waals surface area contributed by atoms with Crippen LogP contribution in [-0.4, -0.2) is 50.3 Å². The van der Waals surface area contributed by atoms with Crippen LogP contribution in [0.5, 0.6) is 0 Å². The smallest absolute Gasteiger partial charge is 0.264 e. The highest BCUT2D eigenvalue weighted by Crippen LogP contribution is 2.26. The highest BCUT2D eigenvalue weighted by Gasteiger charge is 2.32. The van der Waals surface area contributed by atoms with Crippen LogP contribution in [0.3, 0.4) is 0 Å². The Morgan fingerprint density at radius 3 is 2.05 bits per heavy atom. The zero-order chi connectivity index (χ0) is 27.7. The summed E-state index contributed by atoms with van der Waals surface area (Å²) in [6.45, 7) is 5.36. The highest BCUT2D eigenvalue weighted by atomic mass is 79.9. The number of carbonyl (C=O) groups excluding carboxylic acids is 2. The van der Waals surface area contributed by atoms with Gasteiger partial charge in [0, 0.05) is 17.1 Å². The number of hydrogen-bond acceptors (Lipinski definition) is 4. The quantitative estimate of drug-likeness (QED) is 0.317. The van der Waals surface area contributed by atoms with Gasteiger partial charge in [-0.25, -0.2) is 8.42 Å². The Hall–Kier alpha value is -3.17. The summed E-state index contributed by atoms with van der Waals surface area (Å²) in [5.74, 6) is -0.739. The molecule has 0 fully saturated rings. The van der Waals surface area contributed by atoms with E-state index in [1.54, 1.807) is 49.4 Å². The number of nitrogens with zero attached hydrogens (tertiary/aromatic N) is 2. The molecular formula is C29H34BrN3O4S. The summed E-state index contributed by atoms with van der Waals surface area (Å²) in [5, 5.41) is 2.94. The molecule has 7 nitrogen and oxygen atoms in total. The van der Waals surface area contributed by atoms with E-state index in [2.05, 4.69) is 21.2 Å². The number of halogens is 1. The van der Waals surface area contributed by atoms with Crippen molar-refractivity contribution < 1.29 is 18.0 Å². The predicted octanol–water partition coefficient (Wildman–Crippen LogP) is 5.02. The van der Waals surface area contributed by atoms with Crippen molar-refractivity contribution >= 4 is 43.5 Å². The van der Waals surface area contributed by atoms with Crippen molar-refractivity contribution in [2.45, 2.75) is 50.6 Å². The maximum atomic E-state index is 13.8. The molecule has 2 atom stereocenters. The predicted molar refractivity (Wildman–Crippen MR) is 154 cm³/mol. The molecular weight excluding hydrogens is 566 g/mol. The van der Waals surface area contributed by atoms with E-state index in [4.69, 9.17) is 0 Å². The molecule has 0 saturated heterocycles. The van der Waals surface area contributed by atoms with E-state index in [1.165, 1.54) is 17.0 Å². The van der Waals surface area contributed by atoms with Gasteiger partial charge in [0.15, 0.2) is 0 Å². The number of carbonyl (C=O) groups is 2. The molecule has 0 saturated carbocycles. The van der Waals surface area contributed by atoms with Gasteiger partial charge in [-0.15, -0.1) is 0 Å². The summed E-state index contributed by atoms with van der Waals surface area (Å²) in [5.41, 5.74) is 1.37. The van der Waals surface area contributed by atoms with Gasteiger partial charge in [0.1, 0.15) is 12.6 Å². The average molecular weight is 601 g/mol. The van der Waals surface area contributed by atoms with E-state index in [0.717, 1.165) is 20.8 Å². The van der Waals surface area contributed by atoms with Crippen LogP contribution in [0.1, 0.15) is 32.8 Å². The third-order valence-corrected chi connectivity index (χ3v) is 8.69. The van der Waals surface area contributed by atoms with Crippen LogP contribution in [0.25, 0.3) is 0 Å². The standard InChI is InChI=1S/C29H34BrN3O4S/c1-4-22(2)31-29(35)23(3)32(20-19-24-11-7-5-8-12-24)28(34)21-33(26-17-15-25(30)16-18-26)38(36,37)27-13-9-6-10-14-27/h5-18,22-23H,4,19-21H2,1-3H3,(H,31,35). The Morgan fingerprint density at radius 1 is 0.895 bits per heavy atom. The molecule has 2 amide bonds. The summed E-state index contributed by atoms with van der Waals surface area (Å²) < 4.78 is 29.3. The molecule has 0 aliphatic heterocycles. The van der Waals surface area contributed by atoms with Gasteiger partial charge in [-0.05, 0) is 68.7 Å². The molecule has 0 aliphatic rings. The molecule has 0 bridgehead atoms. The van der Waals surface area contributed by atoms with E-state index in [-0.39, 0.29) is 23.4 Å². The van der Waals surface area contributed by atoms with Crippen molar-refractivity contribution in [3.63, 3.8) is 0 Å². The number of nitrogens with one attached hydrogen (secondary N) is 1. The van der Waals surface area contributed by atoms with Crippen LogP contribution in [0.15, 0.2) is 94.3 Å². The fourth-order valence-corrected chi connectivity index (χ4v) is 5.59. The minimum absolute atomic E-state index is 0.0475. The highest BCUT2D eigenvalue weighted by molar-refractivity contribution is 9.10. The average Bonchev–Trinajstić information content (AvgIpc) is 2.93. The molecule has 202 valence electrons. The van der Waals surface area contributed by atoms with Crippen molar-refractivity contribution in [1.82, 2.24) is 10.2 Å². The lowest BCUT2D eigenvalue weighted by Crippen LogP contribution is -2.53. The monoisotopic (exact) mass is 599 g/mol. The van der Waals surface area contributed by atoms with Gasteiger partial charge < -0.3 is 10.2 Å². The largest absolute Gasteiger partial charge is 0.352 e. The van der Waals surface area contributed by atoms with Crippen LogP contribution in [-0.2, 0) is 26.0 Å². The summed E-state index contributed by atoms with van der Waals surface area (Å²) in [6, 6.07) is 23.6. The van der Waals surface area contributed by atoms with Crippen molar-refractivity contribution in [2.24, 2.45) is 0 Å². The first kappa shape index (κ1) is 29.4. The molecule has 9 heteroatoms. The number of anilines is 1. The van der Waals surface area contributed by atoms with Crippen molar-refractivity contribution in [3.05, 3.63) is 95.0 Å². The Labute approximate surface area is 234 Å². The fourth-order valence-electron chi connectivity index (χ4n) is 3.89. The zero-order valence-electron chi connectivity index (χ0n) is 21.9. The maximum absolute atomic E-state index is 13.8. The van der Waals surface area contributed by atoms with Crippen molar-refractivity contribution in [2.75, 3.05) is 17.4 Å². The lowest BCUT2D eigenvalue weighted by molar-refractivity contribution is -0.139. The van der Waals surface area contributed by atoms with E-state index >= 15 is 0 Å². The summed E-state index contributed by atoms with van der Waals surface area (Å²) in [4.78, 5) is 28.4. The third kappa shape index (κ3) is 7.68. The van der Waals surface area contributed by atoms with Crippen LogP contribution in [0.2, 0.25) is 0 Å². The van der Waals surface area contributed by atoms with E-state index < -0.39 is 28.5 Å². The number of rotatable bonds is 12. The first-order valence-electron chi connectivity index (χ1n) is 12.6. The van der Waals surface area contributed by atoms with Gasteiger partial charge in [0.2, 0.25) is 11.8 Å². The Kier molecular flexibility index (Phi) is 10.5. The molecule has 0 radical (unpaired) electrons. The number of sulfonamides is 1. The van der Waals surface area contributed by atoms with Gasteiger partial charge >= 0.3 is 0 Å². The molecule has 2 unspecified atom stereocenters. The molecule has 0 spiro atoms. The Balaban J connectivity index is 1.95. The first-order chi connectivity index (χ1) is 18.1. The Morgan fingerprint density at radius 2 is 1.47 bits per heavy atom. The van der Waals surface area contributed by atoms with Crippen LogP contribution >= 0.6 is 15.9 Å². The van der Waals surface area contributed by atoms with Crippen LogP contribution in [0.4, 0.5) is 5.69 Å². The molecule has 0 aliphatic carbocycles. The third-order valence-electron chi connectivity index (χ3n) is 6.38. The van der Waals surface area contributed by atoms with Gasteiger partial charge in [-0.1, -0.05) is 71.4 Å². The van der Waals surface area contributed by atoms with Crippen LogP contribution in [0, 0.1) is 0 Å². The molecule has 0 heterocycles. The summed E-state index contributed by atoms with van der Waals surface area (Å²) >= 11 is 3.38. The number of benzene rings is 3. The number of hydrogen-bond donors (Lipinski definition) is 1. The second kappa shape index (κ2) is 13.6. The second-order valence-corrected chi connectivity index (χ2v) is 11.9. The molecule has 3 rings (SSSR count). The minimum Gasteiger partial charge on any atom is -0.352 e. The maximum Gasteiger partial charge on any atom is 0.264 e. The topological polar surface area (TPSA) is 86.8 Å². The fraction of sp³-hybridized carbons (Fsp3) is 0.310. The van der Waals surface area contributed by atoms with Crippen LogP contribution < -0.4 is 9.62 Å². The lowest BCUT2D eigenvalue weighted by Gasteiger charge is -2.32. The molecule has 3 aromatic rings.